The number of amides is 1. The molecule has 1 unspecified atom stereocenters. The molecule has 0 spiro atoms. The fraction of sp³-hybridized carbons (Fsp3) is 0.273. The highest BCUT2D eigenvalue weighted by Gasteiger charge is 2.42. The van der Waals surface area contributed by atoms with Crippen molar-refractivity contribution in [1.29, 1.82) is 0 Å². The summed E-state index contributed by atoms with van der Waals surface area (Å²) in [5.74, 6) is -0.766. The highest BCUT2D eigenvalue weighted by molar-refractivity contribution is 5.99. The number of carbonyl (C=O) groups excluding carboxylic acids is 1. The quantitative estimate of drug-likeness (QED) is 0.751. The van der Waals surface area contributed by atoms with Crippen molar-refractivity contribution >= 4 is 16.9 Å². The van der Waals surface area contributed by atoms with Crippen LogP contribution in [0.25, 0.3) is 11.0 Å². The number of aliphatic hydroxyl groups excluding tert-OH is 1. The van der Waals surface area contributed by atoms with E-state index in [9.17, 15) is 19.1 Å². The fourth-order valence-corrected chi connectivity index (χ4v) is 3.98. The van der Waals surface area contributed by atoms with Gasteiger partial charge in [-0.3, -0.25) is 9.59 Å². The Labute approximate surface area is 161 Å². The van der Waals surface area contributed by atoms with Crippen LogP contribution < -0.4 is 5.43 Å². The van der Waals surface area contributed by atoms with Gasteiger partial charge >= 0.3 is 0 Å². The van der Waals surface area contributed by atoms with Gasteiger partial charge in [0, 0.05) is 13.2 Å². The zero-order valence-corrected chi connectivity index (χ0v) is 15.7. The number of halogens is 1. The summed E-state index contributed by atoms with van der Waals surface area (Å²) in [5.41, 5.74) is 2.76. The second-order valence-electron chi connectivity index (χ2n) is 7.16. The largest absolute Gasteiger partial charge is 0.450 e. The van der Waals surface area contributed by atoms with Crippen molar-refractivity contribution in [3.63, 3.8) is 0 Å². The van der Waals surface area contributed by atoms with Crippen LogP contribution in [-0.2, 0) is 0 Å². The second-order valence-corrected chi connectivity index (χ2v) is 7.16. The molecule has 144 valence electrons. The van der Waals surface area contributed by atoms with Crippen molar-refractivity contribution in [3.8, 4) is 0 Å². The Bertz CT molecular complexity index is 1130. The van der Waals surface area contributed by atoms with E-state index in [1.54, 1.807) is 18.2 Å². The zero-order chi connectivity index (χ0) is 20.0. The minimum atomic E-state index is -0.670. The first-order valence-electron chi connectivity index (χ1n) is 9.17. The summed E-state index contributed by atoms with van der Waals surface area (Å²) >= 11 is 0. The number of fused-ring (bicyclic) bond motifs is 2. The molecule has 1 N–H and O–H groups in total. The lowest BCUT2D eigenvalue weighted by Crippen LogP contribution is -2.31. The predicted octanol–water partition coefficient (Wildman–Crippen LogP) is 3.48. The van der Waals surface area contributed by atoms with E-state index in [1.807, 2.05) is 19.9 Å². The van der Waals surface area contributed by atoms with Gasteiger partial charge < -0.3 is 14.4 Å². The lowest BCUT2D eigenvalue weighted by molar-refractivity contribution is 0.0716. The van der Waals surface area contributed by atoms with Gasteiger partial charge in [0.1, 0.15) is 11.4 Å². The third-order valence-corrected chi connectivity index (χ3v) is 5.16. The van der Waals surface area contributed by atoms with Gasteiger partial charge in [0.25, 0.3) is 5.91 Å². The molecule has 1 amide bonds. The molecular weight excluding hydrogens is 361 g/mol. The molecule has 0 aliphatic carbocycles. The van der Waals surface area contributed by atoms with Gasteiger partial charge in [-0.2, -0.15) is 0 Å². The summed E-state index contributed by atoms with van der Waals surface area (Å²) in [6.45, 7) is 3.91. The van der Waals surface area contributed by atoms with Crippen LogP contribution in [0.2, 0.25) is 0 Å². The minimum absolute atomic E-state index is 0.0229. The maximum Gasteiger partial charge on any atom is 0.290 e. The molecule has 5 nitrogen and oxygen atoms in total. The number of hydrogen-bond donors (Lipinski definition) is 1. The number of benzene rings is 2. The van der Waals surface area contributed by atoms with Gasteiger partial charge in [-0.1, -0.05) is 18.2 Å². The Balaban J connectivity index is 2.00. The summed E-state index contributed by atoms with van der Waals surface area (Å²) in [7, 11) is 0. The smallest absolute Gasteiger partial charge is 0.290 e. The van der Waals surface area contributed by atoms with Crippen LogP contribution in [0.4, 0.5) is 4.39 Å². The Morgan fingerprint density at radius 1 is 1.14 bits per heavy atom. The zero-order valence-electron chi connectivity index (χ0n) is 15.7. The molecule has 1 aliphatic rings. The molecular formula is C22H20FNO4. The second kappa shape index (κ2) is 6.87. The number of aliphatic hydroxyl groups is 1. The molecule has 1 aromatic heterocycles. The highest BCUT2D eigenvalue weighted by Crippen LogP contribution is 2.38. The maximum atomic E-state index is 13.4. The first kappa shape index (κ1) is 18.4. The van der Waals surface area contributed by atoms with Crippen molar-refractivity contribution in [2.75, 3.05) is 13.2 Å². The van der Waals surface area contributed by atoms with Gasteiger partial charge in [0.15, 0.2) is 5.43 Å². The average Bonchev–Trinajstić information content (AvgIpc) is 2.92. The van der Waals surface area contributed by atoms with Crippen LogP contribution in [0.1, 0.15) is 45.3 Å². The minimum Gasteiger partial charge on any atom is -0.450 e. The van der Waals surface area contributed by atoms with Gasteiger partial charge in [-0.25, -0.2) is 4.39 Å². The lowest BCUT2D eigenvalue weighted by atomic mass is 9.97. The van der Waals surface area contributed by atoms with Gasteiger partial charge in [0.2, 0.25) is 5.76 Å². The van der Waals surface area contributed by atoms with Crippen molar-refractivity contribution in [2.24, 2.45) is 0 Å². The Morgan fingerprint density at radius 3 is 2.54 bits per heavy atom. The Morgan fingerprint density at radius 2 is 1.86 bits per heavy atom. The molecule has 0 fully saturated rings. The molecule has 0 radical (unpaired) electrons. The molecule has 6 heteroatoms. The number of carbonyl (C=O) groups is 1. The molecule has 0 bridgehead atoms. The van der Waals surface area contributed by atoms with E-state index >= 15 is 0 Å². The van der Waals surface area contributed by atoms with E-state index in [2.05, 4.69) is 0 Å². The third kappa shape index (κ3) is 2.81. The number of rotatable bonds is 4. The van der Waals surface area contributed by atoms with Gasteiger partial charge in [-0.15, -0.1) is 0 Å². The SMILES string of the molecule is Cc1cc(C)c2c(=O)c3c(oc2c1)C(=O)N(CCCO)C3c1ccc(F)cc1. The molecule has 1 atom stereocenters. The van der Waals surface area contributed by atoms with Crippen molar-refractivity contribution in [2.45, 2.75) is 26.3 Å². The van der Waals surface area contributed by atoms with Crippen LogP contribution in [0.5, 0.6) is 0 Å². The normalized spacial score (nSPS) is 16.1. The van der Waals surface area contributed by atoms with E-state index in [0.29, 0.717) is 23.0 Å². The molecule has 28 heavy (non-hydrogen) atoms. The van der Waals surface area contributed by atoms with E-state index < -0.39 is 17.8 Å². The molecule has 3 aromatic rings. The molecule has 4 rings (SSSR count). The summed E-state index contributed by atoms with van der Waals surface area (Å²) in [5, 5.41) is 9.68. The van der Waals surface area contributed by atoms with Gasteiger partial charge in [0.05, 0.1) is 17.0 Å². The number of nitrogens with zero attached hydrogens (tertiary/aromatic N) is 1. The first-order chi connectivity index (χ1) is 13.4. The van der Waals surface area contributed by atoms with Crippen molar-refractivity contribution < 1.29 is 18.7 Å². The molecule has 2 heterocycles. The summed E-state index contributed by atoms with van der Waals surface area (Å²) in [6.07, 6.45) is 0.364. The maximum absolute atomic E-state index is 13.4. The van der Waals surface area contributed by atoms with Crippen molar-refractivity contribution in [3.05, 3.63) is 80.5 Å². The number of aryl methyl sites for hydroxylation is 2. The molecule has 0 saturated heterocycles. The molecule has 2 aromatic carbocycles. The first-order valence-corrected chi connectivity index (χ1v) is 9.17. The Hall–Kier alpha value is -2.99. The molecule has 1 aliphatic heterocycles. The van der Waals surface area contributed by atoms with Crippen LogP contribution in [0.15, 0.2) is 45.6 Å². The fourth-order valence-electron chi connectivity index (χ4n) is 3.98. The predicted molar refractivity (Wildman–Crippen MR) is 103 cm³/mol. The third-order valence-electron chi connectivity index (χ3n) is 5.16. The molecule has 0 saturated carbocycles. The van der Waals surface area contributed by atoms with Crippen LogP contribution >= 0.6 is 0 Å². The topological polar surface area (TPSA) is 70.8 Å². The highest BCUT2D eigenvalue weighted by atomic mass is 19.1. The van der Waals surface area contributed by atoms with Gasteiger partial charge in [-0.05, 0) is 55.2 Å². The summed E-state index contributed by atoms with van der Waals surface area (Å²) in [6, 6.07) is 8.73. The monoisotopic (exact) mass is 381 g/mol. The average molecular weight is 381 g/mol. The standard InChI is InChI=1S/C22H20FNO4/c1-12-10-13(2)17-16(11-12)28-21-18(20(17)26)19(14-4-6-15(23)7-5-14)24(22(21)27)8-3-9-25/h4-7,10-11,19,25H,3,8-9H2,1-2H3. The van der Waals surface area contributed by atoms with E-state index in [1.165, 1.54) is 17.0 Å². The van der Waals surface area contributed by atoms with Crippen LogP contribution in [0.3, 0.4) is 0 Å². The van der Waals surface area contributed by atoms with E-state index in [0.717, 1.165) is 11.1 Å². The number of hydrogen-bond acceptors (Lipinski definition) is 4. The summed E-state index contributed by atoms with van der Waals surface area (Å²) in [4.78, 5) is 28.0. The van der Waals surface area contributed by atoms with Crippen LogP contribution in [-0.4, -0.2) is 29.1 Å². The van der Waals surface area contributed by atoms with Crippen molar-refractivity contribution in [1.82, 2.24) is 4.90 Å². The van der Waals surface area contributed by atoms with E-state index in [-0.39, 0.29) is 29.9 Å². The van der Waals surface area contributed by atoms with E-state index in [4.69, 9.17) is 4.42 Å². The van der Waals surface area contributed by atoms with Crippen LogP contribution in [0, 0.1) is 19.7 Å². The summed E-state index contributed by atoms with van der Waals surface area (Å²) < 4.78 is 19.3. The Kier molecular flexibility index (Phi) is 4.51. The lowest BCUT2D eigenvalue weighted by Gasteiger charge is -2.24.